The van der Waals surface area contributed by atoms with Gasteiger partial charge in [-0.15, -0.1) is 0 Å². The van der Waals surface area contributed by atoms with Crippen molar-refractivity contribution in [2.24, 2.45) is 0 Å². The average molecular weight is 319 g/mol. The Morgan fingerprint density at radius 3 is 1.57 bits per heavy atom. The first-order valence-corrected chi connectivity index (χ1v) is 8.86. The van der Waals surface area contributed by atoms with E-state index in [0.29, 0.717) is 23.9 Å². The van der Waals surface area contributed by atoms with Crippen LogP contribution in [0.25, 0.3) is 0 Å². The second kappa shape index (κ2) is 8.90. The fourth-order valence-electron chi connectivity index (χ4n) is 2.54. The summed E-state index contributed by atoms with van der Waals surface area (Å²) in [5.74, 6) is 1.14. The highest BCUT2D eigenvalue weighted by Crippen LogP contribution is 2.19. The molecule has 130 valence electrons. The van der Waals surface area contributed by atoms with Crippen LogP contribution in [0.1, 0.15) is 97.1 Å². The first kappa shape index (κ1) is 19.5. The number of hydrogen-bond donors (Lipinski definition) is 0. The SMILES string of the molecule is CC(C)c1ccnn1C(C)C.CCC(C)n1nccc1C(C)C. The van der Waals surface area contributed by atoms with Gasteiger partial charge < -0.3 is 0 Å². The molecular formula is C19H34N4. The maximum Gasteiger partial charge on any atom is 0.0492 e. The molecule has 0 N–H and O–H groups in total. The smallest absolute Gasteiger partial charge is 0.0492 e. The van der Waals surface area contributed by atoms with Gasteiger partial charge in [0.05, 0.1) is 0 Å². The van der Waals surface area contributed by atoms with Gasteiger partial charge in [0.25, 0.3) is 0 Å². The Morgan fingerprint density at radius 2 is 1.22 bits per heavy atom. The molecule has 2 heterocycles. The van der Waals surface area contributed by atoms with E-state index in [0.717, 1.165) is 6.42 Å². The second-order valence-corrected chi connectivity index (χ2v) is 7.06. The lowest BCUT2D eigenvalue weighted by molar-refractivity contribution is 0.452. The highest BCUT2D eigenvalue weighted by Gasteiger charge is 2.10. The van der Waals surface area contributed by atoms with Crippen molar-refractivity contribution in [3.8, 4) is 0 Å². The predicted octanol–water partition coefficient (Wildman–Crippen LogP) is 5.56. The zero-order valence-electron chi connectivity index (χ0n) is 16.1. The molecule has 23 heavy (non-hydrogen) atoms. The minimum absolute atomic E-state index is 0.474. The molecular weight excluding hydrogens is 284 g/mol. The molecule has 4 heteroatoms. The Kier molecular flexibility index (Phi) is 7.53. The topological polar surface area (TPSA) is 35.6 Å². The molecule has 0 aliphatic carbocycles. The van der Waals surface area contributed by atoms with Gasteiger partial charge in [-0.2, -0.15) is 10.2 Å². The van der Waals surface area contributed by atoms with Gasteiger partial charge in [0.2, 0.25) is 0 Å². The average Bonchev–Trinajstić information content (AvgIpc) is 3.15. The standard InChI is InChI=1S/C10H18N2.C9H16N2/c1-5-9(4)12-10(8(2)3)6-7-11-12;1-7(2)9-5-6-10-11(9)8(3)4/h6-9H,5H2,1-4H3;5-8H,1-4H3. The van der Waals surface area contributed by atoms with Crippen molar-refractivity contribution in [3.05, 3.63) is 35.9 Å². The van der Waals surface area contributed by atoms with E-state index in [2.05, 4.69) is 87.1 Å². The third-order valence-corrected chi connectivity index (χ3v) is 4.08. The molecule has 0 aromatic carbocycles. The Bertz CT molecular complexity index is 541. The second-order valence-electron chi connectivity index (χ2n) is 7.06. The van der Waals surface area contributed by atoms with Crippen LogP contribution >= 0.6 is 0 Å². The van der Waals surface area contributed by atoms with E-state index in [1.54, 1.807) is 0 Å². The van der Waals surface area contributed by atoms with E-state index >= 15 is 0 Å². The van der Waals surface area contributed by atoms with Crippen LogP contribution in [0.2, 0.25) is 0 Å². The van der Waals surface area contributed by atoms with Gasteiger partial charge in [-0.25, -0.2) is 0 Å². The van der Waals surface area contributed by atoms with E-state index in [-0.39, 0.29) is 0 Å². The summed E-state index contributed by atoms with van der Waals surface area (Å²) >= 11 is 0. The lowest BCUT2D eigenvalue weighted by Crippen LogP contribution is -2.10. The normalized spacial score (nSPS) is 12.7. The van der Waals surface area contributed by atoms with Crippen molar-refractivity contribution < 1.29 is 0 Å². The van der Waals surface area contributed by atoms with Crippen molar-refractivity contribution in [2.75, 3.05) is 0 Å². The van der Waals surface area contributed by atoms with Crippen LogP contribution in [0, 0.1) is 0 Å². The molecule has 2 aromatic rings. The number of aromatic nitrogens is 4. The van der Waals surface area contributed by atoms with E-state index in [9.17, 15) is 0 Å². The van der Waals surface area contributed by atoms with Crippen LogP contribution in [0.4, 0.5) is 0 Å². The number of nitrogens with zero attached hydrogens (tertiary/aromatic N) is 4. The fraction of sp³-hybridized carbons (Fsp3) is 0.684. The van der Waals surface area contributed by atoms with Crippen LogP contribution < -0.4 is 0 Å². The first-order chi connectivity index (χ1) is 10.8. The van der Waals surface area contributed by atoms with Gasteiger partial charge in [-0.05, 0) is 51.2 Å². The summed E-state index contributed by atoms with van der Waals surface area (Å²) in [5, 5.41) is 8.58. The van der Waals surface area contributed by atoms with Crippen LogP contribution in [-0.2, 0) is 0 Å². The monoisotopic (exact) mass is 318 g/mol. The highest BCUT2D eigenvalue weighted by atomic mass is 15.3. The lowest BCUT2D eigenvalue weighted by atomic mass is 10.1. The molecule has 0 radical (unpaired) electrons. The largest absolute Gasteiger partial charge is 0.267 e. The summed E-state index contributed by atoms with van der Waals surface area (Å²) in [6.45, 7) is 17.5. The lowest BCUT2D eigenvalue weighted by Gasteiger charge is -2.15. The summed E-state index contributed by atoms with van der Waals surface area (Å²) in [4.78, 5) is 0. The summed E-state index contributed by atoms with van der Waals surface area (Å²) in [6, 6.07) is 5.20. The van der Waals surface area contributed by atoms with Gasteiger partial charge in [0.1, 0.15) is 0 Å². The third kappa shape index (κ3) is 5.22. The molecule has 0 aliphatic heterocycles. The molecule has 0 bridgehead atoms. The zero-order chi connectivity index (χ0) is 17.6. The van der Waals surface area contributed by atoms with Gasteiger partial charge in [0, 0.05) is 35.9 Å². The summed E-state index contributed by atoms with van der Waals surface area (Å²) in [6.07, 6.45) is 4.90. The van der Waals surface area contributed by atoms with Gasteiger partial charge in [-0.1, -0.05) is 34.6 Å². The van der Waals surface area contributed by atoms with Gasteiger partial charge in [0.15, 0.2) is 0 Å². The van der Waals surface area contributed by atoms with Gasteiger partial charge >= 0.3 is 0 Å². The molecule has 2 aromatic heterocycles. The number of rotatable bonds is 5. The van der Waals surface area contributed by atoms with E-state index in [1.807, 2.05) is 12.4 Å². The quantitative estimate of drug-likeness (QED) is 0.723. The Morgan fingerprint density at radius 1 is 0.783 bits per heavy atom. The molecule has 1 atom stereocenters. The molecule has 0 aliphatic rings. The molecule has 0 spiro atoms. The van der Waals surface area contributed by atoms with E-state index in [4.69, 9.17) is 0 Å². The third-order valence-electron chi connectivity index (χ3n) is 4.08. The molecule has 0 amide bonds. The Labute approximate surface area is 141 Å². The Hall–Kier alpha value is -1.58. The number of hydrogen-bond acceptors (Lipinski definition) is 2. The molecule has 4 nitrogen and oxygen atoms in total. The van der Waals surface area contributed by atoms with Gasteiger partial charge in [-0.3, -0.25) is 9.36 Å². The minimum atomic E-state index is 0.474. The van der Waals surface area contributed by atoms with Crippen LogP contribution in [0.5, 0.6) is 0 Å². The molecule has 0 saturated carbocycles. The van der Waals surface area contributed by atoms with Crippen molar-refractivity contribution in [1.29, 1.82) is 0 Å². The van der Waals surface area contributed by atoms with E-state index < -0.39 is 0 Å². The zero-order valence-corrected chi connectivity index (χ0v) is 16.1. The van der Waals surface area contributed by atoms with Crippen molar-refractivity contribution in [3.63, 3.8) is 0 Å². The molecule has 0 fully saturated rings. The highest BCUT2D eigenvalue weighted by molar-refractivity contribution is 5.06. The summed E-state index contributed by atoms with van der Waals surface area (Å²) in [7, 11) is 0. The Balaban J connectivity index is 0.000000231. The maximum atomic E-state index is 4.32. The van der Waals surface area contributed by atoms with E-state index in [1.165, 1.54) is 11.4 Å². The molecule has 2 rings (SSSR count). The van der Waals surface area contributed by atoms with Crippen molar-refractivity contribution >= 4 is 0 Å². The van der Waals surface area contributed by atoms with Crippen LogP contribution in [0.15, 0.2) is 24.5 Å². The fourth-order valence-corrected chi connectivity index (χ4v) is 2.54. The first-order valence-electron chi connectivity index (χ1n) is 8.86. The summed E-state index contributed by atoms with van der Waals surface area (Å²) in [5.41, 5.74) is 2.66. The van der Waals surface area contributed by atoms with Crippen LogP contribution in [0.3, 0.4) is 0 Å². The summed E-state index contributed by atoms with van der Waals surface area (Å²) < 4.78 is 4.20. The molecule has 0 saturated heterocycles. The van der Waals surface area contributed by atoms with Crippen LogP contribution in [-0.4, -0.2) is 19.6 Å². The van der Waals surface area contributed by atoms with Crippen molar-refractivity contribution in [2.45, 2.75) is 85.7 Å². The van der Waals surface area contributed by atoms with Crippen molar-refractivity contribution in [1.82, 2.24) is 19.6 Å². The molecule has 1 unspecified atom stereocenters. The predicted molar refractivity (Wildman–Crippen MR) is 98.0 cm³/mol. The maximum absolute atomic E-state index is 4.32. The minimum Gasteiger partial charge on any atom is -0.267 e.